The van der Waals surface area contributed by atoms with Crippen molar-refractivity contribution >= 4 is 11.4 Å². The van der Waals surface area contributed by atoms with E-state index in [0.29, 0.717) is 0 Å². The molecule has 0 saturated heterocycles. The molecule has 0 fully saturated rings. The molecule has 0 radical (unpaired) electrons. The number of nitrogens with zero attached hydrogens (tertiary/aromatic N) is 2. The molecule has 1 heterocycles. The van der Waals surface area contributed by atoms with Gasteiger partial charge in [0.15, 0.2) is 0 Å². The standard InChI is InChI=1S/C49H74N2.2C19H39.Ni/c1-5-9-13-14-15-16-17-18-19-20-21-22-23-24-25-26-27-28-29-36-47-46(35-12-8-4)49(45-34-30-33-43(41-45)32-11-7-3)51(50)48(47)44-39-37-42(38-40-44)31-10-6-2;2*1-3-5-7-9-11-13-15-17-19-18-16-14-12-10-8-6-4-2;/h30,33-34,37-41H,5-28,31-32,35H2,1-4H3;2*1,3-19H2,2H3;. The smallest absolute Gasteiger partial charge is 0.0654 e. The molecule has 2 aromatic rings. The van der Waals surface area contributed by atoms with Crippen LogP contribution in [-0.4, -0.2) is 4.70 Å². The maximum absolute atomic E-state index is 12.0. The van der Waals surface area contributed by atoms with Gasteiger partial charge in [-0.15, -0.1) is 0 Å². The van der Waals surface area contributed by atoms with E-state index in [-0.39, 0.29) is 0 Å². The fourth-order valence-corrected chi connectivity index (χ4v) is 14.5. The molecule has 0 bridgehead atoms. The molecule has 0 aliphatic carbocycles. The van der Waals surface area contributed by atoms with Crippen LogP contribution in [0, 0.1) is 11.8 Å². The number of allylic oxidation sites excluding steroid dienone is 2. The van der Waals surface area contributed by atoms with Crippen molar-refractivity contribution in [2.75, 3.05) is 0 Å². The van der Waals surface area contributed by atoms with Gasteiger partial charge in [-0.1, -0.05) is 277 Å². The Balaban J connectivity index is 0.000000638. The van der Waals surface area contributed by atoms with E-state index >= 15 is 0 Å². The zero-order chi connectivity index (χ0) is 64.5. The van der Waals surface area contributed by atoms with E-state index in [9.17, 15) is 5.53 Å². The van der Waals surface area contributed by atoms with E-state index in [1.807, 2.05) is 14.4 Å². The average Bonchev–Trinajstić information content (AvgIpc) is 1.75. The molecule has 0 spiro atoms. The normalized spacial score (nSPS) is 12.4. The van der Waals surface area contributed by atoms with Gasteiger partial charge in [-0.25, -0.2) is 4.70 Å². The van der Waals surface area contributed by atoms with Crippen LogP contribution in [0.4, 0.5) is 0 Å². The molecule has 0 unspecified atom stereocenters. The number of rotatable bonds is 64. The van der Waals surface area contributed by atoms with Crippen molar-refractivity contribution in [2.45, 2.75) is 444 Å². The number of unbranched alkanes of at least 4 members (excludes halogenated alkanes) is 52. The molecule has 0 aromatic heterocycles. The third-order valence-corrected chi connectivity index (χ3v) is 20.8. The minimum Gasteiger partial charge on any atom is -0.0654 e. The van der Waals surface area contributed by atoms with Crippen molar-refractivity contribution in [2.24, 2.45) is 0 Å². The first-order valence-corrected chi connectivity index (χ1v) is 42.0. The summed E-state index contributed by atoms with van der Waals surface area (Å²) in [5, 5.41) is 2.87. The quantitative estimate of drug-likeness (QED) is 0.0273. The first kappa shape index (κ1) is 83.7. The van der Waals surface area contributed by atoms with Crippen molar-refractivity contribution < 1.29 is 19.1 Å². The molecule has 0 N–H and O–H groups in total. The van der Waals surface area contributed by atoms with Gasteiger partial charge in [0, 0.05) is 23.1 Å². The van der Waals surface area contributed by atoms with E-state index in [0.717, 1.165) is 73.0 Å². The van der Waals surface area contributed by atoms with Gasteiger partial charge in [0.1, 0.15) is 5.57 Å². The summed E-state index contributed by atoms with van der Waals surface area (Å²) >= 11 is 2.05. The second-order valence-electron chi connectivity index (χ2n) is 28.1. The molecular formula is C87H152N2Ni. The fourth-order valence-electron chi connectivity index (χ4n) is 13.3. The molecule has 1 aliphatic rings. The molecule has 0 saturated carbocycles. The number of benzene rings is 2. The molecule has 2 aromatic carbocycles. The number of aryl methyl sites for hydroxylation is 2. The Labute approximate surface area is 570 Å². The van der Waals surface area contributed by atoms with E-state index < -0.39 is 0 Å². The molecule has 0 amide bonds. The zero-order valence-electron chi connectivity index (χ0n) is 61.4. The van der Waals surface area contributed by atoms with Crippen LogP contribution in [0.1, 0.15) is 443 Å². The second-order valence-corrected chi connectivity index (χ2v) is 29.5. The number of hydrogen-bond donors (Lipinski definition) is 0. The van der Waals surface area contributed by atoms with Crippen molar-refractivity contribution in [3.63, 3.8) is 0 Å². The molecule has 90 heavy (non-hydrogen) atoms. The minimum absolute atomic E-state index is 0.854. The summed E-state index contributed by atoms with van der Waals surface area (Å²) in [7, 11) is 0. The molecule has 3 rings (SSSR count). The van der Waals surface area contributed by atoms with Crippen LogP contribution < -0.4 is 0 Å². The average molecular weight is 1280 g/mol. The maximum atomic E-state index is 12.0. The predicted molar refractivity (Wildman–Crippen MR) is 402 cm³/mol. The summed E-state index contributed by atoms with van der Waals surface area (Å²) in [6, 6.07) is 17.7. The monoisotopic (exact) mass is 1280 g/mol. The van der Waals surface area contributed by atoms with Crippen LogP contribution >= 0.6 is 0 Å². The summed E-state index contributed by atoms with van der Waals surface area (Å²) in [4.78, 5) is 0. The van der Waals surface area contributed by atoms with Gasteiger partial charge in [-0.3, -0.25) is 0 Å². The van der Waals surface area contributed by atoms with Gasteiger partial charge in [-0.05, 0) is 80.3 Å². The van der Waals surface area contributed by atoms with Gasteiger partial charge in [0.05, 0.1) is 0 Å². The molecule has 1 aliphatic heterocycles. The van der Waals surface area contributed by atoms with Crippen LogP contribution in [0.25, 0.3) is 16.9 Å². The Bertz CT molecular complexity index is 1980. The van der Waals surface area contributed by atoms with Gasteiger partial charge in [-0.2, -0.15) is 0 Å². The third kappa shape index (κ3) is 46.6. The molecule has 3 heteroatoms. The van der Waals surface area contributed by atoms with E-state index in [1.54, 1.807) is 0 Å². The Hall–Kier alpha value is -2.43. The number of hydrogen-bond acceptors (Lipinski definition) is 0. The van der Waals surface area contributed by atoms with E-state index in [4.69, 9.17) is 0 Å². The van der Waals surface area contributed by atoms with Crippen molar-refractivity contribution in [3.8, 4) is 11.8 Å². The third-order valence-electron chi connectivity index (χ3n) is 19.4. The summed E-state index contributed by atoms with van der Waals surface area (Å²) < 4.78 is 1.48. The van der Waals surface area contributed by atoms with E-state index in [1.165, 1.54) is 379 Å². The summed E-state index contributed by atoms with van der Waals surface area (Å²) in [5.41, 5.74) is 20.8. The zero-order valence-corrected chi connectivity index (χ0v) is 62.4. The Kier molecular flexibility index (Phi) is 60.7. The van der Waals surface area contributed by atoms with Crippen LogP contribution in [0.3, 0.4) is 0 Å². The van der Waals surface area contributed by atoms with E-state index in [2.05, 4.69) is 102 Å². The van der Waals surface area contributed by atoms with Gasteiger partial charge in [0.25, 0.3) is 0 Å². The van der Waals surface area contributed by atoms with Crippen LogP contribution in [0.5, 0.6) is 0 Å². The summed E-state index contributed by atoms with van der Waals surface area (Å²) in [6.45, 7) is 13.7. The SMILES string of the molecule is CCCCCCCCCCCCCCCCCCCC#CC1=C(c2ccc(CCCC)cc2)[N+](=[N-])C(c2cccc(CCCC)c2)=C1CCCC.CCCCCCCCCCCCCCCCCC[CH2][Ni][CH2]CCCCCCCCCCCCCCCCCC. The van der Waals surface area contributed by atoms with Crippen molar-refractivity contribution in [3.05, 3.63) is 87.5 Å². The molecular weight excluding hydrogens is 1130 g/mol. The minimum atomic E-state index is 0.854. The molecule has 0 atom stereocenters. The first-order valence-electron chi connectivity index (χ1n) is 40.6. The van der Waals surface area contributed by atoms with Crippen molar-refractivity contribution in [1.82, 2.24) is 0 Å². The van der Waals surface area contributed by atoms with Crippen molar-refractivity contribution in [1.29, 1.82) is 0 Å². The Morgan fingerprint density at radius 2 is 0.611 bits per heavy atom. The molecule has 520 valence electrons. The second kappa shape index (κ2) is 65.2. The van der Waals surface area contributed by atoms with Gasteiger partial charge < -0.3 is 5.53 Å². The predicted octanol–water partition coefficient (Wildman–Crippen LogP) is 31.0. The molecule has 2 nitrogen and oxygen atoms in total. The van der Waals surface area contributed by atoms with Gasteiger partial charge >= 0.3 is 166 Å². The van der Waals surface area contributed by atoms with Crippen LogP contribution in [0.15, 0.2) is 59.7 Å². The summed E-state index contributed by atoms with van der Waals surface area (Å²) in [5.74, 6) is 7.22. The Morgan fingerprint density at radius 3 is 0.967 bits per heavy atom. The van der Waals surface area contributed by atoms with Gasteiger partial charge in [0.2, 0.25) is 11.4 Å². The summed E-state index contributed by atoms with van der Waals surface area (Å²) in [6.07, 6.45) is 84.8. The fraction of sp³-hybridized carbons (Fsp3) is 0.793. The first-order chi connectivity index (χ1) is 44.6. The van der Waals surface area contributed by atoms with Crippen LogP contribution in [-0.2, 0) is 27.3 Å². The topological polar surface area (TPSA) is 25.3 Å². The van der Waals surface area contributed by atoms with Crippen LogP contribution in [0.2, 0.25) is 10.8 Å². The Morgan fingerprint density at radius 1 is 0.300 bits per heavy atom.